The summed E-state index contributed by atoms with van der Waals surface area (Å²) < 4.78 is 37.6. The molecule has 0 aromatic heterocycles. The smallest absolute Gasteiger partial charge is 0.226 e. The first-order valence-corrected chi connectivity index (χ1v) is 11.0. The molecule has 2 aromatic rings. The topological polar surface area (TPSA) is 41.6 Å². The van der Waals surface area contributed by atoms with Crippen molar-refractivity contribution in [1.82, 2.24) is 9.62 Å². The lowest BCUT2D eigenvalue weighted by molar-refractivity contribution is -0.139. The van der Waals surface area contributed by atoms with Gasteiger partial charge in [0, 0.05) is 25.6 Å². The molecule has 0 radical (unpaired) electrons. The van der Waals surface area contributed by atoms with Crippen molar-refractivity contribution < 1.29 is 18.3 Å². The molecule has 0 spiro atoms. The summed E-state index contributed by atoms with van der Waals surface area (Å²) in [7, 11) is 0. The van der Waals surface area contributed by atoms with Crippen LogP contribution in [-0.2, 0) is 9.53 Å². The van der Waals surface area contributed by atoms with Gasteiger partial charge < -0.3 is 9.64 Å². The molecule has 154 valence electrons. The Kier molecular flexibility index (Phi) is 6.18. The quantitative estimate of drug-likeness (QED) is 0.724. The van der Waals surface area contributed by atoms with Gasteiger partial charge in [-0.05, 0) is 41.9 Å². The van der Waals surface area contributed by atoms with Crippen molar-refractivity contribution in [2.75, 3.05) is 32.5 Å². The zero-order valence-electron chi connectivity index (χ0n) is 16.2. The molecular weight excluding hydrogens is 394 g/mol. The number of ether oxygens (including phenoxy) is 1. The molecule has 7 heteroatoms. The summed E-state index contributed by atoms with van der Waals surface area (Å²) in [6.07, 6.45) is 2.64. The lowest BCUT2D eigenvalue weighted by atomic mass is 9.95. The standard InChI is InChI=1S/C22H24F2N2O2S/c1-29-25-12-14-13-26(9-10-28-14)22(27)18-11-17(18)15-5-2-3-6-16(15)21-19(23)7-4-8-20(21)24/h2-8,14,17-18,25H,9-13H2,1H3/t14?,17-,18+/m0/s1. The minimum atomic E-state index is -0.585. The molecule has 29 heavy (non-hydrogen) atoms. The molecule has 2 aromatic carbocycles. The van der Waals surface area contributed by atoms with Crippen molar-refractivity contribution in [2.45, 2.75) is 18.4 Å². The van der Waals surface area contributed by atoms with E-state index in [9.17, 15) is 13.6 Å². The van der Waals surface area contributed by atoms with Crippen LogP contribution in [0.4, 0.5) is 8.78 Å². The van der Waals surface area contributed by atoms with Crippen molar-refractivity contribution in [3.8, 4) is 11.1 Å². The third-order valence-electron chi connectivity index (χ3n) is 5.61. The summed E-state index contributed by atoms with van der Waals surface area (Å²) >= 11 is 1.53. The minimum Gasteiger partial charge on any atom is -0.373 e. The van der Waals surface area contributed by atoms with Crippen LogP contribution in [-0.4, -0.2) is 49.4 Å². The molecular formula is C22H24F2N2O2S. The van der Waals surface area contributed by atoms with Gasteiger partial charge in [0.05, 0.1) is 18.3 Å². The lowest BCUT2D eigenvalue weighted by Crippen LogP contribution is -2.48. The van der Waals surface area contributed by atoms with Crippen LogP contribution >= 0.6 is 11.9 Å². The fourth-order valence-electron chi connectivity index (χ4n) is 4.07. The summed E-state index contributed by atoms with van der Waals surface area (Å²) in [5, 5.41) is 0. The fourth-order valence-corrected chi connectivity index (χ4v) is 4.42. The van der Waals surface area contributed by atoms with Gasteiger partial charge >= 0.3 is 0 Å². The first-order valence-electron chi connectivity index (χ1n) is 9.79. The van der Waals surface area contributed by atoms with E-state index in [1.807, 2.05) is 23.3 Å². The molecule has 1 amide bonds. The Labute approximate surface area is 173 Å². The molecule has 4 rings (SSSR count). The van der Waals surface area contributed by atoms with Crippen LogP contribution in [0.15, 0.2) is 42.5 Å². The molecule has 3 atom stereocenters. The Morgan fingerprint density at radius 3 is 2.72 bits per heavy atom. The van der Waals surface area contributed by atoms with Gasteiger partial charge in [0.15, 0.2) is 0 Å². The summed E-state index contributed by atoms with van der Waals surface area (Å²) in [6.45, 7) is 2.37. The fraction of sp³-hybridized carbons (Fsp3) is 0.409. The number of carbonyl (C=O) groups excluding carboxylic acids is 1. The van der Waals surface area contributed by atoms with Gasteiger partial charge in [0.2, 0.25) is 5.91 Å². The molecule has 1 N–H and O–H groups in total. The normalized spacial score (nSPS) is 23.8. The molecule has 1 unspecified atom stereocenters. The maximum atomic E-state index is 14.4. The number of amides is 1. The largest absolute Gasteiger partial charge is 0.373 e. The highest BCUT2D eigenvalue weighted by Crippen LogP contribution is 2.51. The summed E-state index contributed by atoms with van der Waals surface area (Å²) in [5.41, 5.74) is 1.35. The average Bonchev–Trinajstić information content (AvgIpc) is 3.53. The number of hydrogen-bond acceptors (Lipinski definition) is 4. The van der Waals surface area contributed by atoms with E-state index in [4.69, 9.17) is 4.74 Å². The molecule has 0 bridgehead atoms. The number of benzene rings is 2. The van der Waals surface area contributed by atoms with Gasteiger partial charge in [0.1, 0.15) is 11.6 Å². The maximum absolute atomic E-state index is 14.4. The molecule has 2 aliphatic rings. The third kappa shape index (κ3) is 4.32. The molecule has 1 heterocycles. The predicted molar refractivity (Wildman–Crippen MR) is 110 cm³/mol. The van der Waals surface area contributed by atoms with Gasteiger partial charge in [0.25, 0.3) is 0 Å². The van der Waals surface area contributed by atoms with E-state index in [2.05, 4.69) is 4.72 Å². The van der Waals surface area contributed by atoms with Crippen LogP contribution in [0.1, 0.15) is 17.9 Å². The van der Waals surface area contributed by atoms with Crippen molar-refractivity contribution in [2.24, 2.45) is 5.92 Å². The second-order valence-electron chi connectivity index (χ2n) is 7.46. The number of carbonyl (C=O) groups is 1. The Morgan fingerprint density at radius 1 is 1.21 bits per heavy atom. The van der Waals surface area contributed by atoms with Gasteiger partial charge in [-0.3, -0.25) is 9.52 Å². The van der Waals surface area contributed by atoms with E-state index >= 15 is 0 Å². The van der Waals surface area contributed by atoms with Crippen LogP contribution < -0.4 is 4.72 Å². The minimum absolute atomic E-state index is 0.0108. The van der Waals surface area contributed by atoms with E-state index in [0.29, 0.717) is 38.2 Å². The number of rotatable bonds is 6. The number of halogens is 2. The summed E-state index contributed by atoms with van der Waals surface area (Å²) in [4.78, 5) is 14.9. The highest BCUT2D eigenvalue weighted by Gasteiger charge is 2.47. The van der Waals surface area contributed by atoms with Crippen LogP contribution in [0.25, 0.3) is 11.1 Å². The summed E-state index contributed by atoms with van der Waals surface area (Å²) in [5.74, 6) is -1.21. The molecule has 1 saturated carbocycles. The Hall–Kier alpha value is -1.96. The summed E-state index contributed by atoms with van der Waals surface area (Å²) in [6, 6.07) is 11.1. The van der Waals surface area contributed by atoms with Gasteiger partial charge in [-0.15, -0.1) is 0 Å². The van der Waals surface area contributed by atoms with Crippen molar-refractivity contribution >= 4 is 17.9 Å². The monoisotopic (exact) mass is 418 g/mol. The maximum Gasteiger partial charge on any atom is 0.226 e. The van der Waals surface area contributed by atoms with Crippen LogP contribution in [0.5, 0.6) is 0 Å². The van der Waals surface area contributed by atoms with Crippen molar-refractivity contribution in [3.05, 3.63) is 59.7 Å². The lowest BCUT2D eigenvalue weighted by Gasteiger charge is -2.33. The Morgan fingerprint density at radius 2 is 1.97 bits per heavy atom. The zero-order chi connectivity index (χ0) is 20.4. The van der Waals surface area contributed by atoms with Crippen molar-refractivity contribution in [1.29, 1.82) is 0 Å². The first-order chi connectivity index (χ1) is 14.1. The number of nitrogens with one attached hydrogen (secondary N) is 1. The number of nitrogens with zero attached hydrogens (tertiary/aromatic N) is 1. The molecule has 2 fully saturated rings. The van der Waals surface area contributed by atoms with Crippen molar-refractivity contribution in [3.63, 3.8) is 0 Å². The van der Waals surface area contributed by atoms with Gasteiger partial charge in [-0.1, -0.05) is 42.3 Å². The first kappa shape index (κ1) is 20.3. The van der Waals surface area contributed by atoms with Crippen LogP contribution in [0, 0.1) is 17.6 Å². The van der Waals surface area contributed by atoms with Gasteiger partial charge in [-0.2, -0.15) is 0 Å². The predicted octanol–water partition coefficient (Wildman–Crippen LogP) is 3.83. The van der Waals surface area contributed by atoms with E-state index in [1.54, 1.807) is 12.1 Å². The SMILES string of the molecule is CSNCC1CN(C(=O)[C@@H]2C[C@H]2c2ccccc2-c2c(F)cccc2F)CCO1. The number of morpholine rings is 1. The second-order valence-corrected chi connectivity index (χ2v) is 8.16. The third-order valence-corrected chi connectivity index (χ3v) is 6.06. The van der Waals surface area contributed by atoms with Crippen LogP contribution in [0.2, 0.25) is 0 Å². The Balaban J connectivity index is 1.50. The second kappa shape index (κ2) is 8.81. The van der Waals surface area contributed by atoms with E-state index in [1.165, 1.54) is 30.1 Å². The average molecular weight is 419 g/mol. The van der Waals surface area contributed by atoms with Crippen LogP contribution in [0.3, 0.4) is 0 Å². The molecule has 1 saturated heterocycles. The molecule has 1 aliphatic carbocycles. The molecule has 4 nitrogen and oxygen atoms in total. The highest BCUT2D eigenvalue weighted by atomic mass is 32.2. The highest BCUT2D eigenvalue weighted by molar-refractivity contribution is 7.96. The van der Waals surface area contributed by atoms with E-state index < -0.39 is 11.6 Å². The number of hydrogen-bond donors (Lipinski definition) is 1. The van der Waals surface area contributed by atoms with E-state index in [0.717, 1.165) is 5.56 Å². The zero-order valence-corrected chi connectivity index (χ0v) is 17.1. The van der Waals surface area contributed by atoms with E-state index in [-0.39, 0.29) is 29.4 Å². The molecule has 1 aliphatic heterocycles. The van der Waals surface area contributed by atoms with Gasteiger partial charge in [-0.25, -0.2) is 8.78 Å². The Bertz CT molecular complexity index is 875.